The summed E-state index contributed by atoms with van der Waals surface area (Å²) in [5.41, 5.74) is 2.25. The summed E-state index contributed by atoms with van der Waals surface area (Å²) in [5.74, 6) is -0.217. The van der Waals surface area contributed by atoms with Crippen LogP contribution in [0.1, 0.15) is 11.9 Å². The molecule has 0 fully saturated rings. The smallest absolute Gasteiger partial charge is 0.246 e. The van der Waals surface area contributed by atoms with Gasteiger partial charge in [-0.1, -0.05) is 29.3 Å². The summed E-state index contributed by atoms with van der Waals surface area (Å²) in [4.78, 5) is 16.8. The number of carbonyl (C=O) groups is 1. The number of aromatic nitrogens is 1. The summed E-state index contributed by atoms with van der Waals surface area (Å²) in [7, 11) is 0. The molecule has 0 aliphatic carbocycles. The molecule has 124 valence electrons. The van der Waals surface area contributed by atoms with Gasteiger partial charge in [-0.05, 0) is 44.2 Å². The molecule has 0 aliphatic heterocycles. The summed E-state index contributed by atoms with van der Waals surface area (Å²) >= 11 is 13.8. The SMILES string of the molecule is Cc1nc2ccc(NC(C)C(=O)Nc3c(Cl)cccc3Cl)cc2s1. The lowest BCUT2D eigenvalue weighted by Crippen LogP contribution is -2.32. The van der Waals surface area contributed by atoms with Crippen molar-refractivity contribution < 1.29 is 4.79 Å². The van der Waals surface area contributed by atoms with Crippen molar-refractivity contribution in [1.29, 1.82) is 0 Å². The van der Waals surface area contributed by atoms with Gasteiger partial charge in [0.1, 0.15) is 6.04 Å². The molecule has 1 aromatic heterocycles. The summed E-state index contributed by atoms with van der Waals surface area (Å²) in [6, 6.07) is 10.5. The van der Waals surface area contributed by atoms with E-state index in [1.165, 1.54) is 0 Å². The highest BCUT2D eigenvalue weighted by Gasteiger charge is 2.16. The number of thiazole rings is 1. The molecule has 2 aromatic carbocycles. The molecule has 0 radical (unpaired) electrons. The van der Waals surface area contributed by atoms with E-state index in [-0.39, 0.29) is 5.91 Å². The Morgan fingerprint density at radius 3 is 2.62 bits per heavy atom. The molecule has 7 heteroatoms. The molecule has 4 nitrogen and oxygen atoms in total. The highest BCUT2D eigenvalue weighted by atomic mass is 35.5. The van der Waals surface area contributed by atoms with Crippen molar-refractivity contribution in [2.75, 3.05) is 10.6 Å². The predicted molar refractivity (Wildman–Crippen MR) is 103 cm³/mol. The minimum Gasteiger partial charge on any atom is -0.374 e. The fourth-order valence-corrected chi connectivity index (χ4v) is 3.65. The zero-order valence-corrected chi connectivity index (χ0v) is 15.4. The minimum absolute atomic E-state index is 0.217. The van der Waals surface area contributed by atoms with Gasteiger partial charge in [0.15, 0.2) is 0 Å². The van der Waals surface area contributed by atoms with Gasteiger partial charge in [-0.25, -0.2) is 4.98 Å². The van der Waals surface area contributed by atoms with Gasteiger partial charge in [0.05, 0.1) is 31.0 Å². The van der Waals surface area contributed by atoms with Gasteiger partial charge in [0, 0.05) is 5.69 Å². The molecular weight excluding hydrogens is 365 g/mol. The second-order valence-corrected chi connectivity index (χ2v) is 7.42. The van der Waals surface area contributed by atoms with Crippen molar-refractivity contribution in [3.05, 3.63) is 51.5 Å². The van der Waals surface area contributed by atoms with Gasteiger partial charge in [-0.15, -0.1) is 11.3 Å². The zero-order valence-electron chi connectivity index (χ0n) is 13.1. The first-order chi connectivity index (χ1) is 11.4. The molecule has 3 aromatic rings. The van der Waals surface area contributed by atoms with Crippen molar-refractivity contribution in [3.8, 4) is 0 Å². The number of aryl methyl sites for hydroxylation is 1. The van der Waals surface area contributed by atoms with Crippen LogP contribution in [0.25, 0.3) is 10.2 Å². The average molecular weight is 380 g/mol. The van der Waals surface area contributed by atoms with Crippen LogP contribution in [0.3, 0.4) is 0 Å². The third-order valence-electron chi connectivity index (χ3n) is 3.48. The molecule has 0 bridgehead atoms. The number of halogens is 2. The number of rotatable bonds is 4. The minimum atomic E-state index is -0.455. The maximum atomic E-state index is 12.4. The number of nitrogens with zero attached hydrogens (tertiary/aromatic N) is 1. The normalized spacial score (nSPS) is 12.2. The van der Waals surface area contributed by atoms with Crippen LogP contribution in [0.5, 0.6) is 0 Å². The monoisotopic (exact) mass is 379 g/mol. The Kier molecular flexibility index (Phi) is 4.94. The fourth-order valence-electron chi connectivity index (χ4n) is 2.29. The second kappa shape index (κ2) is 6.97. The number of anilines is 2. The Morgan fingerprint density at radius 1 is 1.21 bits per heavy atom. The first kappa shape index (κ1) is 17.0. The first-order valence-corrected chi connectivity index (χ1v) is 8.90. The largest absolute Gasteiger partial charge is 0.374 e. The standard InChI is InChI=1S/C17H15Cl2N3OS/c1-9(17(23)22-16-12(18)4-3-5-13(16)19)20-11-6-7-14-15(8-11)24-10(2)21-14/h3-9,20H,1-2H3,(H,22,23). The average Bonchev–Trinajstić information content (AvgIpc) is 2.90. The maximum Gasteiger partial charge on any atom is 0.246 e. The molecule has 0 spiro atoms. The van der Waals surface area contributed by atoms with E-state index in [0.717, 1.165) is 20.9 Å². The summed E-state index contributed by atoms with van der Waals surface area (Å²) in [6.45, 7) is 3.75. The number of benzene rings is 2. The number of carbonyl (C=O) groups excluding carboxylic acids is 1. The third kappa shape index (κ3) is 3.64. The lowest BCUT2D eigenvalue weighted by molar-refractivity contribution is -0.116. The van der Waals surface area contributed by atoms with Gasteiger partial charge in [0.25, 0.3) is 0 Å². The van der Waals surface area contributed by atoms with Gasteiger partial charge >= 0.3 is 0 Å². The van der Waals surface area contributed by atoms with Crippen LogP contribution in [0, 0.1) is 6.92 Å². The lowest BCUT2D eigenvalue weighted by Gasteiger charge is -2.16. The molecule has 1 heterocycles. The number of para-hydroxylation sites is 1. The quantitative estimate of drug-likeness (QED) is 0.642. The van der Waals surface area contributed by atoms with Crippen molar-refractivity contribution in [3.63, 3.8) is 0 Å². The van der Waals surface area contributed by atoms with Crippen LogP contribution in [0.15, 0.2) is 36.4 Å². The van der Waals surface area contributed by atoms with Crippen molar-refractivity contribution >= 4 is 62.0 Å². The molecule has 0 aliphatic rings. The van der Waals surface area contributed by atoms with E-state index < -0.39 is 6.04 Å². The Labute approximate surface area is 153 Å². The summed E-state index contributed by atoms with van der Waals surface area (Å²) < 4.78 is 1.08. The first-order valence-electron chi connectivity index (χ1n) is 7.32. The highest BCUT2D eigenvalue weighted by Crippen LogP contribution is 2.30. The number of hydrogen-bond acceptors (Lipinski definition) is 4. The van der Waals surface area contributed by atoms with Crippen LogP contribution in [-0.4, -0.2) is 16.9 Å². The van der Waals surface area contributed by atoms with Gasteiger partial charge in [-0.3, -0.25) is 4.79 Å². The van der Waals surface area contributed by atoms with Crippen molar-refractivity contribution in [2.45, 2.75) is 19.9 Å². The van der Waals surface area contributed by atoms with E-state index in [4.69, 9.17) is 23.2 Å². The molecule has 1 unspecified atom stereocenters. The topological polar surface area (TPSA) is 54.0 Å². The molecular formula is C17H15Cl2N3OS. The predicted octanol–water partition coefficient (Wildman–Crippen LogP) is 5.35. The summed E-state index contributed by atoms with van der Waals surface area (Å²) in [5, 5.41) is 7.78. The van der Waals surface area contributed by atoms with Crippen LogP contribution in [0.4, 0.5) is 11.4 Å². The Balaban J connectivity index is 1.73. The number of hydrogen-bond donors (Lipinski definition) is 2. The van der Waals surface area contributed by atoms with E-state index in [0.29, 0.717) is 15.7 Å². The van der Waals surface area contributed by atoms with Crippen LogP contribution >= 0.6 is 34.5 Å². The van der Waals surface area contributed by atoms with E-state index in [1.807, 2.05) is 25.1 Å². The lowest BCUT2D eigenvalue weighted by atomic mass is 10.2. The number of fused-ring (bicyclic) bond motifs is 1. The molecule has 24 heavy (non-hydrogen) atoms. The van der Waals surface area contributed by atoms with E-state index >= 15 is 0 Å². The van der Waals surface area contributed by atoms with Gasteiger partial charge in [0.2, 0.25) is 5.91 Å². The molecule has 1 amide bonds. The third-order valence-corrected chi connectivity index (χ3v) is 5.05. The van der Waals surface area contributed by atoms with E-state index in [9.17, 15) is 4.79 Å². The second-order valence-electron chi connectivity index (χ2n) is 5.37. The fraction of sp³-hybridized carbons (Fsp3) is 0.176. The highest BCUT2D eigenvalue weighted by molar-refractivity contribution is 7.18. The molecule has 0 saturated heterocycles. The van der Waals surface area contributed by atoms with Crippen LogP contribution in [-0.2, 0) is 4.79 Å². The molecule has 3 rings (SSSR count). The molecule has 2 N–H and O–H groups in total. The maximum absolute atomic E-state index is 12.4. The zero-order chi connectivity index (χ0) is 17.3. The van der Waals surface area contributed by atoms with Crippen LogP contribution in [0.2, 0.25) is 10.0 Å². The van der Waals surface area contributed by atoms with E-state index in [2.05, 4.69) is 15.6 Å². The number of nitrogens with one attached hydrogen (secondary N) is 2. The Bertz CT molecular complexity index is 890. The Morgan fingerprint density at radius 2 is 1.92 bits per heavy atom. The Hall–Kier alpha value is -1.82. The molecule has 0 saturated carbocycles. The van der Waals surface area contributed by atoms with Gasteiger partial charge in [-0.2, -0.15) is 0 Å². The van der Waals surface area contributed by atoms with Gasteiger partial charge < -0.3 is 10.6 Å². The van der Waals surface area contributed by atoms with Crippen molar-refractivity contribution in [1.82, 2.24) is 4.98 Å². The molecule has 1 atom stereocenters. The van der Waals surface area contributed by atoms with E-state index in [1.54, 1.807) is 36.5 Å². The number of amides is 1. The van der Waals surface area contributed by atoms with Crippen molar-refractivity contribution in [2.24, 2.45) is 0 Å². The summed E-state index contributed by atoms with van der Waals surface area (Å²) in [6.07, 6.45) is 0. The van der Waals surface area contributed by atoms with Crippen LogP contribution < -0.4 is 10.6 Å².